The van der Waals surface area contributed by atoms with E-state index in [1.165, 1.54) is 0 Å². The van der Waals surface area contributed by atoms with Crippen LogP contribution in [0.5, 0.6) is 0 Å². The first-order valence-corrected chi connectivity index (χ1v) is 5.28. The van der Waals surface area contributed by atoms with Gasteiger partial charge in [0.25, 0.3) is 0 Å². The van der Waals surface area contributed by atoms with Crippen molar-refractivity contribution < 1.29 is 0 Å². The lowest BCUT2D eigenvalue weighted by Gasteiger charge is -2.04. The fourth-order valence-corrected chi connectivity index (χ4v) is 1.75. The van der Waals surface area contributed by atoms with Gasteiger partial charge in [0.15, 0.2) is 5.65 Å². The Morgan fingerprint density at radius 1 is 1.12 bits per heavy atom. The number of nitrogen functional groups attached to an aromatic ring is 1. The molecule has 3 aromatic heterocycles. The third-order valence-electron chi connectivity index (χ3n) is 2.54. The molecular weight excluding hydrogens is 214 g/mol. The van der Waals surface area contributed by atoms with Crippen molar-refractivity contribution in [3.05, 3.63) is 42.2 Å². The van der Waals surface area contributed by atoms with Gasteiger partial charge in [-0.05, 0) is 19.1 Å². The molecule has 0 radical (unpaired) electrons. The Balaban J connectivity index is 2.23. The Hall–Kier alpha value is -2.43. The predicted octanol–water partition coefficient (Wildman–Crippen LogP) is 1.68. The molecule has 0 aliphatic carbocycles. The molecule has 5 heteroatoms. The molecule has 17 heavy (non-hydrogen) atoms. The monoisotopic (exact) mass is 225 g/mol. The van der Waals surface area contributed by atoms with Gasteiger partial charge in [-0.2, -0.15) is 9.61 Å². The van der Waals surface area contributed by atoms with Crippen molar-refractivity contribution in [1.29, 1.82) is 0 Å². The van der Waals surface area contributed by atoms with Crippen LogP contribution in [0.3, 0.4) is 0 Å². The largest absolute Gasteiger partial charge is 0.384 e. The lowest BCUT2D eigenvalue weighted by atomic mass is 10.2. The summed E-state index contributed by atoms with van der Waals surface area (Å²) >= 11 is 0. The minimum Gasteiger partial charge on any atom is -0.384 e. The highest BCUT2D eigenvalue weighted by atomic mass is 15.3. The SMILES string of the molecule is Cc1cccc(-c2cc(N)n3nccc3n2)n1. The number of nitrogens with two attached hydrogens (primary N) is 1. The van der Waals surface area contributed by atoms with Gasteiger partial charge in [-0.1, -0.05) is 6.07 Å². The molecule has 0 unspecified atom stereocenters. The normalized spacial score (nSPS) is 10.9. The van der Waals surface area contributed by atoms with Crippen molar-refractivity contribution in [3.8, 4) is 11.4 Å². The van der Waals surface area contributed by atoms with Crippen molar-refractivity contribution in [1.82, 2.24) is 19.6 Å². The first kappa shape index (κ1) is 9.77. The zero-order valence-corrected chi connectivity index (χ0v) is 9.33. The minimum absolute atomic E-state index is 0.554. The predicted molar refractivity (Wildman–Crippen MR) is 65.4 cm³/mol. The number of pyridine rings is 1. The topological polar surface area (TPSA) is 69.1 Å². The van der Waals surface area contributed by atoms with Gasteiger partial charge in [-0.3, -0.25) is 4.98 Å². The molecule has 0 aromatic carbocycles. The number of hydrogen-bond donors (Lipinski definition) is 1. The number of nitrogens with zero attached hydrogens (tertiary/aromatic N) is 4. The molecule has 3 heterocycles. The van der Waals surface area contributed by atoms with Crippen LogP contribution >= 0.6 is 0 Å². The highest BCUT2D eigenvalue weighted by molar-refractivity contribution is 5.62. The molecule has 0 atom stereocenters. The van der Waals surface area contributed by atoms with Gasteiger partial charge in [0.1, 0.15) is 5.82 Å². The van der Waals surface area contributed by atoms with Crippen LogP contribution in [0.4, 0.5) is 5.82 Å². The molecule has 0 aliphatic rings. The molecule has 0 bridgehead atoms. The van der Waals surface area contributed by atoms with Crippen LogP contribution in [0, 0.1) is 6.92 Å². The first-order chi connectivity index (χ1) is 8.24. The van der Waals surface area contributed by atoms with E-state index >= 15 is 0 Å². The Labute approximate surface area is 97.9 Å². The van der Waals surface area contributed by atoms with E-state index in [-0.39, 0.29) is 0 Å². The van der Waals surface area contributed by atoms with Gasteiger partial charge < -0.3 is 5.73 Å². The van der Waals surface area contributed by atoms with E-state index in [4.69, 9.17) is 5.73 Å². The Kier molecular flexibility index (Phi) is 2.04. The molecule has 0 aliphatic heterocycles. The third kappa shape index (κ3) is 1.61. The van der Waals surface area contributed by atoms with Crippen LogP contribution in [-0.4, -0.2) is 19.6 Å². The molecule has 5 nitrogen and oxygen atoms in total. The van der Waals surface area contributed by atoms with Gasteiger partial charge in [-0.25, -0.2) is 4.98 Å². The average molecular weight is 225 g/mol. The summed E-state index contributed by atoms with van der Waals surface area (Å²) in [6.45, 7) is 1.95. The van der Waals surface area contributed by atoms with E-state index in [1.807, 2.05) is 31.2 Å². The summed E-state index contributed by atoms with van der Waals surface area (Å²) in [5, 5.41) is 4.08. The van der Waals surface area contributed by atoms with Crippen LogP contribution in [-0.2, 0) is 0 Å². The Bertz CT molecular complexity index is 686. The molecule has 0 fully saturated rings. The quantitative estimate of drug-likeness (QED) is 0.684. The van der Waals surface area contributed by atoms with Crippen molar-refractivity contribution in [2.75, 3.05) is 5.73 Å². The average Bonchev–Trinajstić information content (AvgIpc) is 2.77. The van der Waals surface area contributed by atoms with Gasteiger partial charge >= 0.3 is 0 Å². The second-order valence-corrected chi connectivity index (χ2v) is 3.83. The lowest BCUT2D eigenvalue weighted by molar-refractivity contribution is 0.952. The van der Waals surface area contributed by atoms with Gasteiger partial charge in [0, 0.05) is 17.8 Å². The number of anilines is 1. The summed E-state index contributed by atoms with van der Waals surface area (Å²) in [6.07, 6.45) is 1.67. The fourth-order valence-electron chi connectivity index (χ4n) is 1.75. The summed E-state index contributed by atoms with van der Waals surface area (Å²) in [5.41, 5.74) is 9.17. The highest BCUT2D eigenvalue weighted by Gasteiger charge is 2.06. The lowest BCUT2D eigenvalue weighted by Crippen LogP contribution is -2.01. The smallest absolute Gasteiger partial charge is 0.158 e. The van der Waals surface area contributed by atoms with Gasteiger partial charge in [0.2, 0.25) is 0 Å². The second kappa shape index (κ2) is 3.55. The number of aromatic nitrogens is 4. The maximum Gasteiger partial charge on any atom is 0.158 e. The molecule has 0 saturated carbocycles. The third-order valence-corrected chi connectivity index (χ3v) is 2.54. The highest BCUT2D eigenvalue weighted by Crippen LogP contribution is 2.18. The van der Waals surface area contributed by atoms with E-state index in [2.05, 4.69) is 15.1 Å². The van der Waals surface area contributed by atoms with Gasteiger partial charge in [0.05, 0.1) is 17.6 Å². The summed E-state index contributed by atoms with van der Waals surface area (Å²) in [6, 6.07) is 9.42. The van der Waals surface area contributed by atoms with Crippen LogP contribution in [0.1, 0.15) is 5.69 Å². The molecule has 0 amide bonds. The number of fused-ring (bicyclic) bond motifs is 1. The molecule has 3 rings (SSSR count). The molecule has 2 N–H and O–H groups in total. The molecular formula is C12H11N5. The maximum atomic E-state index is 5.91. The van der Waals surface area contributed by atoms with E-state index in [0.29, 0.717) is 5.82 Å². The number of hydrogen-bond acceptors (Lipinski definition) is 4. The van der Waals surface area contributed by atoms with E-state index in [1.54, 1.807) is 16.8 Å². The number of rotatable bonds is 1. The fraction of sp³-hybridized carbons (Fsp3) is 0.0833. The van der Waals surface area contributed by atoms with E-state index in [0.717, 1.165) is 22.7 Å². The van der Waals surface area contributed by atoms with Crippen molar-refractivity contribution >= 4 is 11.5 Å². The Morgan fingerprint density at radius 2 is 2.00 bits per heavy atom. The zero-order valence-electron chi connectivity index (χ0n) is 9.33. The summed E-state index contributed by atoms with van der Waals surface area (Å²) in [7, 11) is 0. The molecule has 0 spiro atoms. The van der Waals surface area contributed by atoms with Crippen molar-refractivity contribution in [2.24, 2.45) is 0 Å². The maximum absolute atomic E-state index is 5.91. The Morgan fingerprint density at radius 3 is 2.82 bits per heavy atom. The number of aryl methyl sites for hydroxylation is 1. The van der Waals surface area contributed by atoms with Crippen molar-refractivity contribution in [2.45, 2.75) is 6.92 Å². The molecule has 3 aromatic rings. The van der Waals surface area contributed by atoms with E-state index < -0.39 is 0 Å². The van der Waals surface area contributed by atoms with Crippen LogP contribution in [0.15, 0.2) is 36.5 Å². The first-order valence-electron chi connectivity index (χ1n) is 5.28. The van der Waals surface area contributed by atoms with E-state index in [9.17, 15) is 0 Å². The molecule has 0 saturated heterocycles. The molecule has 84 valence electrons. The summed E-state index contributed by atoms with van der Waals surface area (Å²) in [4.78, 5) is 8.89. The zero-order chi connectivity index (χ0) is 11.8. The second-order valence-electron chi connectivity index (χ2n) is 3.83. The minimum atomic E-state index is 0.554. The van der Waals surface area contributed by atoms with Crippen LogP contribution in [0.25, 0.3) is 17.0 Å². The van der Waals surface area contributed by atoms with Crippen LogP contribution in [0.2, 0.25) is 0 Å². The summed E-state index contributed by atoms with van der Waals surface area (Å²) in [5.74, 6) is 0.554. The summed E-state index contributed by atoms with van der Waals surface area (Å²) < 4.78 is 1.60. The van der Waals surface area contributed by atoms with Crippen molar-refractivity contribution in [3.63, 3.8) is 0 Å². The van der Waals surface area contributed by atoms with Gasteiger partial charge in [-0.15, -0.1) is 0 Å². The standard InChI is InChI=1S/C12H11N5/c1-8-3-2-4-9(15-8)10-7-11(13)17-12(16-10)5-6-14-17/h2-7H,13H2,1H3. The van der Waals surface area contributed by atoms with Crippen LogP contribution < -0.4 is 5.73 Å².